The molecule has 1 heteroatoms. The number of benzene rings is 2. The normalized spacial score (nSPS) is 12.4. The summed E-state index contributed by atoms with van der Waals surface area (Å²) in [6.45, 7) is 6.58. The van der Waals surface area contributed by atoms with Crippen LogP contribution < -0.4 is 0 Å². The van der Waals surface area contributed by atoms with E-state index < -0.39 is 0 Å². The highest BCUT2D eigenvalue weighted by Gasteiger charge is 2.13. The molecule has 20 heavy (non-hydrogen) atoms. The van der Waals surface area contributed by atoms with Crippen molar-refractivity contribution in [1.82, 2.24) is 0 Å². The standard InChI is InChI=1S/C19H23Cl/c1-14-9-15(2)19(16(3)10-14)12-18(13-20)11-17-7-5-4-6-8-17/h4-10,18H,11-13H2,1-3H3. The number of hydrogen-bond acceptors (Lipinski definition) is 0. The van der Waals surface area contributed by atoms with E-state index in [1.807, 2.05) is 0 Å². The molecule has 0 fully saturated rings. The van der Waals surface area contributed by atoms with Gasteiger partial charge in [0.1, 0.15) is 0 Å². The van der Waals surface area contributed by atoms with Crippen LogP contribution in [-0.4, -0.2) is 5.88 Å². The van der Waals surface area contributed by atoms with Crippen molar-refractivity contribution in [2.45, 2.75) is 33.6 Å². The Morgan fingerprint density at radius 2 is 1.50 bits per heavy atom. The Kier molecular flexibility index (Phi) is 5.25. The largest absolute Gasteiger partial charge is 0.126 e. The van der Waals surface area contributed by atoms with E-state index in [-0.39, 0.29) is 0 Å². The van der Waals surface area contributed by atoms with Gasteiger partial charge in [-0.15, -0.1) is 11.6 Å². The van der Waals surface area contributed by atoms with Gasteiger partial charge in [0.15, 0.2) is 0 Å². The Morgan fingerprint density at radius 1 is 0.900 bits per heavy atom. The first kappa shape index (κ1) is 15.1. The molecule has 106 valence electrons. The number of alkyl halides is 1. The zero-order valence-electron chi connectivity index (χ0n) is 12.6. The van der Waals surface area contributed by atoms with Crippen molar-refractivity contribution in [3.63, 3.8) is 0 Å². The van der Waals surface area contributed by atoms with Crippen molar-refractivity contribution in [2.75, 3.05) is 5.88 Å². The van der Waals surface area contributed by atoms with E-state index in [4.69, 9.17) is 11.6 Å². The number of halogens is 1. The maximum absolute atomic E-state index is 6.20. The maximum Gasteiger partial charge on any atom is 0.0258 e. The minimum atomic E-state index is 0.499. The molecule has 2 aromatic carbocycles. The SMILES string of the molecule is Cc1cc(C)c(CC(CCl)Cc2ccccc2)c(C)c1. The van der Waals surface area contributed by atoms with Crippen LogP contribution in [0.3, 0.4) is 0 Å². The van der Waals surface area contributed by atoms with Crippen molar-refractivity contribution in [2.24, 2.45) is 5.92 Å². The van der Waals surface area contributed by atoms with Gasteiger partial charge >= 0.3 is 0 Å². The molecule has 0 amide bonds. The van der Waals surface area contributed by atoms with Crippen LogP contribution >= 0.6 is 11.6 Å². The summed E-state index contributed by atoms with van der Waals surface area (Å²) in [6, 6.07) is 15.2. The fraction of sp³-hybridized carbons (Fsp3) is 0.368. The third-order valence-electron chi connectivity index (χ3n) is 3.92. The number of aryl methyl sites for hydroxylation is 3. The van der Waals surface area contributed by atoms with Crippen LogP contribution in [0.1, 0.15) is 27.8 Å². The Hall–Kier alpha value is -1.27. The Bertz CT molecular complexity index is 534. The van der Waals surface area contributed by atoms with E-state index in [0.29, 0.717) is 11.8 Å². The predicted octanol–water partition coefficient (Wildman–Crippen LogP) is 5.25. The second-order valence-electron chi connectivity index (χ2n) is 5.79. The highest BCUT2D eigenvalue weighted by atomic mass is 35.5. The molecule has 0 aliphatic heterocycles. The lowest BCUT2D eigenvalue weighted by atomic mass is 9.89. The van der Waals surface area contributed by atoms with Crippen LogP contribution in [0.2, 0.25) is 0 Å². The number of rotatable bonds is 5. The van der Waals surface area contributed by atoms with Crippen molar-refractivity contribution in [3.8, 4) is 0 Å². The molecular formula is C19H23Cl. The molecule has 0 spiro atoms. The van der Waals surface area contributed by atoms with Crippen molar-refractivity contribution in [1.29, 1.82) is 0 Å². The highest BCUT2D eigenvalue weighted by Crippen LogP contribution is 2.22. The molecule has 0 heterocycles. The quantitative estimate of drug-likeness (QED) is 0.658. The van der Waals surface area contributed by atoms with Gasteiger partial charge in [-0.05, 0) is 61.8 Å². The Morgan fingerprint density at radius 3 is 2.05 bits per heavy atom. The Balaban J connectivity index is 2.15. The fourth-order valence-corrected chi connectivity index (χ4v) is 3.17. The molecule has 0 saturated heterocycles. The summed E-state index contributed by atoms with van der Waals surface area (Å²) in [7, 11) is 0. The summed E-state index contributed by atoms with van der Waals surface area (Å²) in [4.78, 5) is 0. The summed E-state index contributed by atoms with van der Waals surface area (Å²) in [5.74, 6) is 1.21. The van der Waals surface area contributed by atoms with Gasteiger partial charge in [0.2, 0.25) is 0 Å². The fourth-order valence-electron chi connectivity index (χ4n) is 2.95. The van der Waals surface area contributed by atoms with Crippen molar-refractivity contribution in [3.05, 3.63) is 70.3 Å². The molecule has 2 aromatic rings. The van der Waals surface area contributed by atoms with E-state index >= 15 is 0 Å². The van der Waals surface area contributed by atoms with E-state index in [1.54, 1.807) is 0 Å². The molecule has 0 aliphatic rings. The summed E-state index contributed by atoms with van der Waals surface area (Å²) in [5.41, 5.74) is 6.98. The minimum Gasteiger partial charge on any atom is -0.126 e. The third-order valence-corrected chi connectivity index (χ3v) is 4.36. The van der Waals surface area contributed by atoms with Gasteiger partial charge in [0.05, 0.1) is 0 Å². The van der Waals surface area contributed by atoms with E-state index in [0.717, 1.165) is 12.8 Å². The topological polar surface area (TPSA) is 0 Å². The second-order valence-corrected chi connectivity index (χ2v) is 6.10. The molecule has 1 unspecified atom stereocenters. The zero-order valence-corrected chi connectivity index (χ0v) is 13.4. The van der Waals surface area contributed by atoms with Gasteiger partial charge < -0.3 is 0 Å². The molecule has 0 N–H and O–H groups in total. The molecule has 0 nitrogen and oxygen atoms in total. The van der Waals surface area contributed by atoms with Gasteiger partial charge in [-0.3, -0.25) is 0 Å². The lowest BCUT2D eigenvalue weighted by Crippen LogP contribution is -2.12. The molecule has 0 aromatic heterocycles. The molecule has 0 aliphatic carbocycles. The molecular weight excluding hydrogens is 264 g/mol. The van der Waals surface area contributed by atoms with Crippen LogP contribution in [0.5, 0.6) is 0 Å². The first-order valence-electron chi connectivity index (χ1n) is 7.26. The zero-order chi connectivity index (χ0) is 14.5. The van der Waals surface area contributed by atoms with Crippen LogP contribution in [-0.2, 0) is 12.8 Å². The summed E-state index contributed by atoms with van der Waals surface area (Å²) < 4.78 is 0. The molecule has 0 radical (unpaired) electrons. The second kappa shape index (κ2) is 6.95. The Labute approximate surface area is 127 Å². The van der Waals surface area contributed by atoms with E-state index in [2.05, 4.69) is 63.2 Å². The third kappa shape index (κ3) is 3.86. The average molecular weight is 287 g/mol. The van der Waals surface area contributed by atoms with E-state index in [1.165, 1.54) is 27.8 Å². The molecule has 0 saturated carbocycles. The van der Waals surface area contributed by atoms with Crippen LogP contribution in [0.4, 0.5) is 0 Å². The van der Waals surface area contributed by atoms with Crippen LogP contribution in [0.25, 0.3) is 0 Å². The summed E-state index contributed by atoms with van der Waals surface area (Å²) >= 11 is 6.20. The van der Waals surface area contributed by atoms with Crippen molar-refractivity contribution < 1.29 is 0 Å². The van der Waals surface area contributed by atoms with Gasteiger partial charge in [-0.2, -0.15) is 0 Å². The van der Waals surface area contributed by atoms with Crippen LogP contribution in [0.15, 0.2) is 42.5 Å². The number of hydrogen-bond donors (Lipinski definition) is 0. The van der Waals surface area contributed by atoms with Crippen LogP contribution in [0, 0.1) is 26.7 Å². The van der Waals surface area contributed by atoms with Gasteiger partial charge in [0, 0.05) is 5.88 Å². The molecule has 1 atom stereocenters. The highest BCUT2D eigenvalue weighted by molar-refractivity contribution is 6.18. The van der Waals surface area contributed by atoms with Gasteiger partial charge in [0.25, 0.3) is 0 Å². The predicted molar refractivity (Wildman–Crippen MR) is 88.7 cm³/mol. The average Bonchev–Trinajstić information content (AvgIpc) is 2.42. The lowest BCUT2D eigenvalue weighted by Gasteiger charge is -2.18. The summed E-state index contributed by atoms with van der Waals surface area (Å²) in [6.07, 6.45) is 2.12. The van der Waals surface area contributed by atoms with Gasteiger partial charge in [-0.25, -0.2) is 0 Å². The van der Waals surface area contributed by atoms with E-state index in [9.17, 15) is 0 Å². The molecule has 2 rings (SSSR count). The van der Waals surface area contributed by atoms with Crippen molar-refractivity contribution >= 4 is 11.6 Å². The first-order chi connectivity index (χ1) is 9.60. The maximum atomic E-state index is 6.20. The monoisotopic (exact) mass is 286 g/mol. The smallest absolute Gasteiger partial charge is 0.0258 e. The summed E-state index contributed by atoms with van der Waals surface area (Å²) in [5, 5.41) is 0. The molecule has 0 bridgehead atoms. The van der Waals surface area contributed by atoms with Gasteiger partial charge in [-0.1, -0.05) is 48.0 Å². The first-order valence-corrected chi connectivity index (χ1v) is 7.80. The minimum absolute atomic E-state index is 0.499. The lowest BCUT2D eigenvalue weighted by molar-refractivity contribution is 0.580.